The van der Waals surface area contributed by atoms with Gasteiger partial charge in [0.1, 0.15) is 5.75 Å². The first-order valence-corrected chi connectivity index (χ1v) is 10.8. The van der Waals surface area contributed by atoms with Crippen molar-refractivity contribution in [1.29, 1.82) is 0 Å². The number of nitrogens with zero attached hydrogens (tertiary/aromatic N) is 2. The van der Waals surface area contributed by atoms with Gasteiger partial charge in [-0.05, 0) is 42.8 Å². The van der Waals surface area contributed by atoms with E-state index >= 15 is 0 Å². The summed E-state index contributed by atoms with van der Waals surface area (Å²) in [5, 5.41) is 20.7. The van der Waals surface area contributed by atoms with Crippen LogP contribution in [0.15, 0.2) is 59.4 Å². The normalized spacial score (nSPS) is 11.1. The molecule has 0 unspecified atom stereocenters. The molecule has 0 radical (unpaired) electrons. The van der Waals surface area contributed by atoms with Gasteiger partial charge in [-0.25, -0.2) is 4.79 Å². The smallest absolute Gasteiger partial charge is 0.345 e. The van der Waals surface area contributed by atoms with Crippen LogP contribution in [0.3, 0.4) is 0 Å². The Bertz CT molecular complexity index is 1390. The largest absolute Gasteiger partial charge is 0.506 e. The van der Waals surface area contributed by atoms with Crippen LogP contribution >= 0.6 is 12.4 Å². The maximum Gasteiger partial charge on any atom is 0.345 e. The average Bonchev–Trinajstić information content (AvgIpc) is 3.08. The highest BCUT2D eigenvalue weighted by Gasteiger charge is 2.22. The summed E-state index contributed by atoms with van der Waals surface area (Å²) in [7, 11) is 4.11. The molecule has 2 heterocycles. The van der Waals surface area contributed by atoms with Gasteiger partial charge in [0.15, 0.2) is 5.56 Å². The number of aromatic hydroxyl groups is 1. The lowest BCUT2D eigenvalue weighted by atomic mass is 9.99. The van der Waals surface area contributed by atoms with Crippen molar-refractivity contribution in [1.82, 2.24) is 14.5 Å². The van der Waals surface area contributed by atoms with E-state index in [4.69, 9.17) is 0 Å². The number of H-pyrrole nitrogens is 1. The average molecular weight is 482 g/mol. The minimum atomic E-state index is -1.45. The molecule has 7 nitrogen and oxygen atoms in total. The number of aryl methyl sites for hydroxylation is 1. The minimum absolute atomic E-state index is 0. The first-order chi connectivity index (χ1) is 15.8. The Hall–Kier alpha value is -3.55. The highest BCUT2D eigenvalue weighted by atomic mass is 35.5. The molecular weight excluding hydrogens is 454 g/mol. The number of aromatic amines is 1. The van der Waals surface area contributed by atoms with Crippen molar-refractivity contribution in [2.24, 2.45) is 7.05 Å². The first kappa shape index (κ1) is 25.1. The third kappa shape index (κ3) is 4.71. The Kier molecular flexibility index (Phi) is 7.49. The highest BCUT2D eigenvalue weighted by molar-refractivity contribution is 5.92. The monoisotopic (exact) mass is 481 g/mol. The molecule has 0 aliphatic carbocycles. The van der Waals surface area contributed by atoms with E-state index in [0.29, 0.717) is 17.7 Å². The summed E-state index contributed by atoms with van der Waals surface area (Å²) in [6, 6.07) is 18.2. The number of pyridine rings is 1. The molecule has 0 bridgehead atoms. The fourth-order valence-corrected chi connectivity index (χ4v) is 4.36. The number of carbonyl (C=O) groups is 1. The summed E-state index contributed by atoms with van der Waals surface area (Å²) >= 11 is 0. The molecule has 0 aliphatic rings. The molecule has 0 saturated carbocycles. The van der Waals surface area contributed by atoms with Crippen LogP contribution in [-0.2, 0) is 26.6 Å². The van der Waals surface area contributed by atoms with Gasteiger partial charge in [0, 0.05) is 42.3 Å². The Labute approximate surface area is 203 Å². The van der Waals surface area contributed by atoms with Crippen molar-refractivity contribution in [2.75, 3.05) is 7.05 Å². The standard InChI is InChI=1S/C26H27N3O4.ClH/c1-4-20-23(27-25(31)22(24(20)30)26(32)33)17-10-11-21-18(12-17)13-19(29(21)3)15-28(2)14-16-8-6-5-7-9-16;/h5-13H,4,14-15H2,1-3H3,(H,32,33)(H2,27,30,31);1H. The lowest BCUT2D eigenvalue weighted by Crippen LogP contribution is -2.20. The van der Waals surface area contributed by atoms with Crippen LogP contribution in [0.25, 0.3) is 22.2 Å². The number of fused-ring (bicyclic) bond motifs is 1. The predicted octanol–water partition coefficient (Wildman–Crippen LogP) is 4.55. The van der Waals surface area contributed by atoms with E-state index in [1.165, 1.54) is 5.56 Å². The first-order valence-electron chi connectivity index (χ1n) is 10.8. The summed E-state index contributed by atoms with van der Waals surface area (Å²) in [4.78, 5) is 28.6. The van der Waals surface area contributed by atoms with E-state index < -0.39 is 22.8 Å². The second kappa shape index (κ2) is 10.2. The number of aromatic nitrogens is 2. The number of halogens is 1. The van der Waals surface area contributed by atoms with E-state index in [1.54, 1.807) is 0 Å². The number of nitrogens with one attached hydrogen (secondary N) is 1. The van der Waals surface area contributed by atoms with Gasteiger partial charge in [0.05, 0.1) is 5.69 Å². The van der Waals surface area contributed by atoms with Crippen molar-refractivity contribution >= 4 is 29.3 Å². The molecule has 2 aromatic carbocycles. The topological polar surface area (TPSA) is 98.6 Å². The Morgan fingerprint density at radius 1 is 1.09 bits per heavy atom. The molecule has 8 heteroatoms. The zero-order valence-electron chi connectivity index (χ0n) is 19.3. The van der Waals surface area contributed by atoms with Gasteiger partial charge in [-0.3, -0.25) is 9.69 Å². The van der Waals surface area contributed by atoms with Gasteiger partial charge in [-0.2, -0.15) is 0 Å². The molecule has 0 spiro atoms. The van der Waals surface area contributed by atoms with Crippen LogP contribution in [0.2, 0.25) is 0 Å². The summed E-state index contributed by atoms with van der Waals surface area (Å²) in [6.07, 6.45) is 0.376. The van der Waals surface area contributed by atoms with Gasteiger partial charge < -0.3 is 19.8 Å². The third-order valence-corrected chi connectivity index (χ3v) is 6.02. The van der Waals surface area contributed by atoms with Crippen LogP contribution in [0, 0.1) is 0 Å². The molecule has 0 aliphatic heterocycles. The fourth-order valence-electron chi connectivity index (χ4n) is 4.36. The van der Waals surface area contributed by atoms with E-state index in [0.717, 1.165) is 35.2 Å². The summed E-state index contributed by atoms with van der Waals surface area (Å²) in [5.74, 6) is -1.92. The summed E-state index contributed by atoms with van der Waals surface area (Å²) < 4.78 is 2.15. The SMILES string of the molecule is CCc1c(-c2ccc3c(c2)cc(CN(C)Cc2ccccc2)n3C)[nH]c(=O)c(C(=O)O)c1O.Cl. The van der Waals surface area contributed by atoms with Crippen LogP contribution in [0.1, 0.15) is 34.1 Å². The maximum absolute atomic E-state index is 12.3. The van der Waals surface area contributed by atoms with Crippen molar-refractivity contribution in [3.8, 4) is 17.0 Å². The molecule has 0 saturated heterocycles. The number of benzene rings is 2. The molecule has 4 aromatic rings. The molecule has 3 N–H and O–H groups in total. The number of carboxylic acids is 1. The van der Waals surface area contributed by atoms with Crippen LogP contribution in [-0.4, -0.2) is 37.7 Å². The number of hydrogen-bond donors (Lipinski definition) is 3. The molecule has 0 fully saturated rings. The third-order valence-electron chi connectivity index (χ3n) is 6.02. The summed E-state index contributed by atoms with van der Waals surface area (Å²) in [5.41, 5.74) is 3.58. The van der Waals surface area contributed by atoms with Crippen LogP contribution < -0.4 is 5.56 Å². The number of carboxylic acid groups (broad SMARTS) is 1. The van der Waals surface area contributed by atoms with Crippen molar-refractivity contribution in [2.45, 2.75) is 26.4 Å². The molecule has 0 atom stereocenters. The fraction of sp³-hybridized carbons (Fsp3) is 0.231. The van der Waals surface area contributed by atoms with Gasteiger partial charge in [-0.15, -0.1) is 12.4 Å². The number of aromatic carboxylic acids is 1. The van der Waals surface area contributed by atoms with Gasteiger partial charge in [0.25, 0.3) is 5.56 Å². The lowest BCUT2D eigenvalue weighted by molar-refractivity contribution is 0.0691. The summed E-state index contributed by atoms with van der Waals surface area (Å²) in [6.45, 7) is 3.41. The zero-order valence-corrected chi connectivity index (χ0v) is 20.1. The van der Waals surface area contributed by atoms with E-state index in [9.17, 15) is 19.8 Å². The Morgan fingerprint density at radius 2 is 1.79 bits per heavy atom. The van der Waals surface area contributed by atoms with Gasteiger partial charge >= 0.3 is 5.97 Å². The minimum Gasteiger partial charge on any atom is -0.506 e. The van der Waals surface area contributed by atoms with Crippen LogP contribution in [0.5, 0.6) is 5.75 Å². The second-order valence-corrected chi connectivity index (χ2v) is 8.32. The zero-order chi connectivity index (χ0) is 23.7. The lowest BCUT2D eigenvalue weighted by Gasteiger charge is -2.17. The molecule has 2 aromatic heterocycles. The van der Waals surface area contributed by atoms with E-state index in [1.807, 2.05) is 50.4 Å². The van der Waals surface area contributed by atoms with E-state index in [2.05, 4.69) is 39.7 Å². The Morgan fingerprint density at radius 3 is 2.44 bits per heavy atom. The molecule has 0 amide bonds. The van der Waals surface area contributed by atoms with Crippen molar-refractivity contribution in [3.63, 3.8) is 0 Å². The van der Waals surface area contributed by atoms with Crippen molar-refractivity contribution in [3.05, 3.63) is 87.3 Å². The number of hydrogen-bond acceptors (Lipinski definition) is 4. The molecule has 34 heavy (non-hydrogen) atoms. The molecular formula is C26H28ClN3O4. The number of rotatable bonds is 7. The predicted molar refractivity (Wildman–Crippen MR) is 136 cm³/mol. The molecule has 4 rings (SSSR count). The Balaban J connectivity index is 0.00000324. The highest BCUT2D eigenvalue weighted by Crippen LogP contribution is 2.32. The molecule has 178 valence electrons. The van der Waals surface area contributed by atoms with Crippen LogP contribution in [0.4, 0.5) is 0 Å². The van der Waals surface area contributed by atoms with Crippen molar-refractivity contribution < 1.29 is 15.0 Å². The van der Waals surface area contributed by atoms with E-state index in [-0.39, 0.29) is 12.4 Å². The quantitative estimate of drug-likeness (QED) is 0.359. The second-order valence-electron chi connectivity index (χ2n) is 8.32. The maximum atomic E-state index is 12.3. The van der Waals surface area contributed by atoms with Gasteiger partial charge in [0.2, 0.25) is 0 Å². The van der Waals surface area contributed by atoms with Gasteiger partial charge in [-0.1, -0.05) is 43.3 Å².